The molecule has 32 heavy (non-hydrogen) atoms. The lowest BCUT2D eigenvalue weighted by Crippen LogP contribution is -2.61. The highest BCUT2D eigenvalue weighted by Crippen LogP contribution is 2.40. The zero-order chi connectivity index (χ0) is 23.0. The van der Waals surface area contributed by atoms with E-state index in [0.29, 0.717) is 36.8 Å². The molecule has 1 fully saturated rings. The van der Waals surface area contributed by atoms with E-state index in [0.717, 1.165) is 17.4 Å². The lowest BCUT2D eigenvalue weighted by molar-refractivity contribution is -0.137. The maximum Gasteiger partial charge on any atom is 0.416 e. The van der Waals surface area contributed by atoms with Gasteiger partial charge in [0.05, 0.1) is 17.5 Å². The number of benzene rings is 2. The molecule has 2 atom stereocenters. The highest BCUT2D eigenvalue weighted by molar-refractivity contribution is 6.30. The molecule has 172 valence electrons. The van der Waals surface area contributed by atoms with Crippen LogP contribution in [0.3, 0.4) is 0 Å². The molecule has 4 nitrogen and oxygen atoms in total. The highest BCUT2D eigenvalue weighted by Gasteiger charge is 2.42. The minimum atomic E-state index is -4.41. The van der Waals surface area contributed by atoms with E-state index in [-0.39, 0.29) is 24.3 Å². The molecule has 0 bridgehead atoms. The number of hydrogen-bond donors (Lipinski definition) is 1. The van der Waals surface area contributed by atoms with Crippen molar-refractivity contribution in [2.45, 2.75) is 32.5 Å². The van der Waals surface area contributed by atoms with Gasteiger partial charge in [-0.3, -0.25) is 4.79 Å². The van der Waals surface area contributed by atoms with Crippen molar-refractivity contribution < 1.29 is 18.0 Å². The second kappa shape index (κ2) is 8.85. The molecule has 2 aromatic rings. The lowest BCUT2D eigenvalue weighted by atomic mass is 9.82. The topological polar surface area (TPSA) is 35.6 Å². The van der Waals surface area contributed by atoms with Gasteiger partial charge < -0.3 is 15.1 Å². The van der Waals surface area contributed by atoms with Gasteiger partial charge in [0.25, 0.3) is 0 Å². The number of amides is 1. The number of carbonyl (C=O) groups excluding carboxylic acids is 1. The number of carbonyl (C=O) groups is 1. The maximum atomic E-state index is 13.3. The van der Waals surface area contributed by atoms with Crippen LogP contribution in [-0.2, 0) is 17.4 Å². The molecule has 0 radical (unpaired) electrons. The Balaban J connectivity index is 1.67. The fourth-order valence-electron chi connectivity index (χ4n) is 4.64. The van der Waals surface area contributed by atoms with E-state index >= 15 is 0 Å². The Bertz CT molecular complexity index is 995. The molecule has 1 amide bonds. The Morgan fingerprint density at radius 2 is 1.97 bits per heavy atom. The van der Waals surface area contributed by atoms with Crippen LogP contribution < -0.4 is 15.1 Å². The SMILES string of the molecule is CC(C)CNC(=O)[C@H]1Cc2cc(C(F)(F)F)ccc2N2CCN(c3cccc(Cl)c3)C[C@@H]12. The predicted molar refractivity (Wildman–Crippen MR) is 121 cm³/mol. The van der Waals surface area contributed by atoms with Gasteiger partial charge in [-0.05, 0) is 54.3 Å². The number of rotatable bonds is 4. The van der Waals surface area contributed by atoms with Gasteiger partial charge in [-0.1, -0.05) is 31.5 Å². The summed E-state index contributed by atoms with van der Waals surface area (Å²) in [7, 11) is 0. The van der Waals surface area contributed by atoms with Gasteiger partial charge in [0.15, 0.2) is 0 Å². The van der Waals surface area contributed by atoms with Crippen LogP contribution in [0.2, 0.25) is 5.02 Å². The molecular formula is C24H27ClF3N3O. The van der Waals surface area contributed by atoms with Crippen LogP contribution in [0.5, 0.6) is 0 Å². The number of nitrogens with one attached hydrogen (secondary N) is 1. The third-order valence-corrected chi connectivity index (χ3v) is 6.47. The van der Waals surface area contributed by atoms with E-state index in [9.17, 15) is 18.0 Å². The second-order valence-electron chi connectivity index (χ2n) is 8.98. The highest BCUT2D eigenvalue weighted by atomic mass is 35.5. The smallest absolute Gasteiger partial charge is 0.368 e. The van der Waals surface area contributed by atoms with Crippen LogP contribution in [-0.4, -0.2) is 38.1 Å². The molecule has 8 heteroatoms. The summed E-state index contributed by atoms with van der Waals surface area (Å²) < 4.78 is 40.0. The van der Waals surface area contributed by atoms with Gasteiger partial charge in [-0.15, -0.1) is 0 Å². The molecule has 2 heterocycles. The zero-order valence-corrected chi connectivity index (χ0v) is 18.9. The fourth-order valence-corrected chi connectivity index (χ4v) is 4.83. The zero-order valence-electron chi connectivity index (χ0n) is 18.1. The fraction of sp³-hybridized carbons (Fsp3) is 0.458. The molecular weight excluding hydrogens is 439 g/mol. The Morgan fingerprint density at radius 1 is 1.19 bits per heavy atom. The number of piperazine rings is 1. The van der Waals surface area contributed by atoms with Crippen LogP contribution in [0.1, 0.15) is 25.0 Å². The van der Waals surface area contributed by atoms with Gasteiger partial charge in [0.2, 0.25) is 5.91 Å². The Kier molecular flexibility index (Phi) is 6.30. The van der Waals surface area contributed by atoms with E-state index in [1.807, 2.05) is 38.1 Å². The van der Waals surface area contributed by atoms with E-state index in [2.05, 4.69) is 15.1 Å². The summed E-state index contributed by atoms with van der Waals surface area (Å²) in [6.45, 7) is 6.47. The first-order valence-corrected chi connectivity index (χ1v) is 11.3. The van der Waals surface area contributed by atoms with Crippen LogP contribution in [0.15, 0.2) is 42.5 Å². The first kappa shape index (κ1) is 22.8. The molecule has 2 aliphatic heterocycles. The molecule has 0 unspecified atom stereocenters. The molecule has 1 saturated heterocycles. The van der Waals surface area contributed by atoms with E-state index in [1.54, 1.807) is 6.07 Å². The normalized spacial score (nSPS) is 20.7. The van der Waals surface area contributed by atoms with Crippen LogP contribution >= 0.6 is 11.6 Å². The summed E-state index contributed by atoms with van der Waals surface area (Å²) >= 11 is 6.18. The first-order chi connectivity index (χ1) is 15.1. The van der Waals surface area contributed by atoms with Gasteiger partial charge >= 0.3 is 6.18 Å². The summed E-state index contributed by atoms with van der Waals surface area (Å²) in [4.78, 5) is 17.5. The minimum Gasteiger partial charge on any atom is -0.368 e. The van der Waals surface area contributed by atoms with Gasteiger partial charge in [0.1, 0.15) is 0 Å². The molecule has 0 aromatic heterocycles. The molecule has 4 rings (SSSR count). The average molecular weight is 466 g/mol. The minimum absolute atomic E-state index is 0.107. The molecule has 0 aliphatic carbocycles. The molecule has 2 aromatic carbocycles. The maximum absolute atomic E-state index is 13.3. The summed E-state index contributed by atoms with van der Waals surface area (Å²) in [6, 6.07) is 11.4. The van der Waals surface area contributed by atoms with E-state index in [4.69, 9.17) is 11.6 Å². The van der Waals surface area contributed by atoms with Crippen molar-refractivity contribution in [3.05, 3.63) is 58.6 Å². The first-order valence-electron chi connectivity index (χ1n) is 10.9. The number of anilines is 2. The van der Waals surface area contributed by atoms with Gasteiger partial charge in [-0.25, -0.2) is 0 Å². The molecule has 2 aliphatic rings. The number of halogens is 4. The second-order valence-corrected chi connectivity index (χ2v) is 9.41. The summed E-state index contributed by atoms with van der Waals surface area (Å²) in [6.07, 6.45) is -4.12. The Hall–Kier alpha value is -2.41. The quantitative estimate of drug-likeness (QED) is 0.690. The van der Waals surface area contributed by atoms with Crippen molar-refractivity contribution >= 4 is 28.9 Å². The van der Waals surface area contributed by atoms with Crippen molar-refractivity contribution in [1.29, 1.82) is 0 Å². The van der Waals surface area contributed by atoms with E-state index in [1.165, 1.54) is 6.07 Å². The average Bonchev–Trinajstić information content (AvgIpc) is 2.75. The summed E-state index contributed by atoms with van der Waals surface area (Å²) in [5.74, 6) is -0.256. The van der Waals surface area contributed by atoms with Crippen molar-refractivity contribution in [3.63, 3.8) is 0 Å². The van der Waals surface area contributed by atoms with Gasteiger partial charge in [0, 0.05) is 42.6 Å². The van der Waals surface area contributed by atoms with Crippen LogP contribution in [0, 0.1) is 11.8 Å². The van der Waals surface area contributed by atoms with Crippen molar-refractivity contribution in [3.8, 4) is 0 Å². The number of fused-ring (bicyclic) bond motifs is 3. The lowest BCUT2D eigenvalue weighted by Gasteiger charge is -2.49. The van der Waals surface area contributed by atoms with Gasteiger partial charge in [-0.2, -0.15) is 13.2 Å². The predicted octanol–water partition coefficient (Wildman–Crippen LogP) is 5.00. The largest absolute Gasteiger partial charge is 0.416 e. The van der Waals surface area contributed by atoms with Crippen molar-refractivity contribution in [2.75, 3.05) is 36.0 Å². The summed E-state index contributed by atoms with van der Waals surface area (Å²) in [5, 5.41) is 3.64. The number of alkyl halides is 3. The van der Waals surface area contributed by atoms with Crippen molar-refractivity contribution in [2.24, 2.45) is 11.8 Å². The third kappa shape index (κ3) is 4.68. The molecule has 0 spiro atoms. The summed E-state index contributed by atoms with van der Waals surface area (Å²) in [5.41, 5.74) is 1.68. The van der Waals surface area contributed by atoms with Crippen LogP contribution in [0.25, 0.3) is 0 Å². The molecule has 1 N–H and O–H groups in total. The Labute approximate surface area is 191 Å². The Morgan fingerprint density at radius 3 is 2.66 bits per heavy atom. The third-order valence-electron chi connectivity index (χ3n) is 6.23. The van der Waals surface area contributed by atoms with E-state index < -0.39 is 17.7 Å². The number of hydrogen-bond acceptors (Lipinski definition) is 3. The number of nitrogens with zero attached hydrogens (tertiary/aromatic N) is 2. The monoisotopic (exact) mass is 465 g/mol. The van der Waals surface area contributed by atoms with Crippen LogP contribution in [0.4, 0.5) is 24.5 Å². The molecule has 0 saturated carbocycles. The van der Waals surface area contributed by atoms with Crippen molar-refractivity contribution in [1.82, 2.24) is 5.32 Å². The standard InChI is InChI=1S/C24H27ClF3N3O/c1-15(2)13-29-23(32)20-11-16-10-17(24(26,27)28)6-7-21(16)31-9-8-30(14-22(20)31)19-5-3-4-18(25)12-19/h3-7,10,12,15,20,22H,8-9,11,13-14H2,1-2H3,(H,29,32)/t20-,22-/m0/s1.